The SMILES string of the molecule is NCc1cnc2ccccc2c1N1CCS(=O)(=O)CC1. The molecule has 3 rings (SSSR count). The van der Waals surface area contributed by atoms with Crippen LogP contribution in [0.25, 0.3) is 10.9 Å². The van der Waals surface area contributed by atoms with Crippen molar-refractivity contribution in [1.82, 2.24) is 4.98 Å². The maximum atomic E-state index is 11.6. The quantitative estimate of drug-likeness (QED) is 0.890. The van der Waals surface area contributed by atoms with Gasteiger partial charge in [0.05, 0.1) is 22.7 Å². The summed E-state index contributed by atoms with van der Waals surface area (Å²) in [6.07, 6.45) is 1.79. The van der Waals surface area contributed by atoms with Crippen LogP contribution in [0, 0.1) is 0 Å². The summed E-state index contributed by atoms with van der Waals surface area (Å²) in [5.41, 5.74) is 8.72. The smallest absolute Gasteiger partial charge is 0.153 e. The Hall–Kier alpha value is -1.66. The Morgan fingerprint density at radius 1 is 1.20 bits per heavy atom. The van der Waals surface area contributed by atoms with Gasteiger partial charge in [0.1, 0.15) is 0 Å². The van der Waals surface area contributed by atoms with Gasteiger partial charge in [-0.1, -0.05) is 18.2 Å². The van der Waals surface area contributed by atoms with Crippen molar-refractivity contribution in [2.24, 2.45) is 5.73 Å². The molecule has 0 bridgehead atoms. The zero-order chi connectivity index (χ0) is 14.2. The maximum absolute atomic E-state index is 11.6. The predicted molar refractivity (Wildman–Crippen MR) is 80.5 cm³/mol. The molecule has 0 unspecified atom stereocenters. The number of fused-ring (bicyclic) bond motifs is 1. The molecule has 20 heavy (non-hydrogen) atoms. The number of aromatic nitrogens is 1. The van der Waals surface area contributed by atoms with E-state index in [4.69, 9.17) is 5.73 Å². The minimum atomic E-state index is -2.89. The van der Waals surface area contributed by atoms with Crippen molar-refractivity contribution < 1.29 is 8.42 Å². The summed E-state index contributed by atoms with van der Waals surface area (Å²) in [6.45, 7) is 1.43. The Bertz CT molecular complexity index is 729. The summed E-state index contributed by atoms with van der Waals surface area (Å²) < 4.78 is 23.2. The first-order chi connectivity index (χ1) is 9.61. The summed E-state index contributed by atoms with van der Waals surface area (Å²) in [7, 11) is -2.89. The number of para-hydroxylation sites is 1. The van der Waals surface area contributed by atoms with E-state index in [9.17, 15) is 8.42 Å². The van der Waals surface area contributed by atoms with Crippen molar-refractivity contribution in [2.45, 2.75) is 6.54 Å². The Labute approximate surface area is 118 Å². The zero-order valence-electron chi connectivity index (χ0n) is 11.1. The van der Waals surface area contributed by atoms with Gasteiger partial charge in [-0.25, -0.2) is 8.42 Å². The van der Waals surface area contributed by atoms with E-state index < -0.39 is 9.84 Å². The minimum absolute atomic E-state index is 0.202. The molecule has 0 radical (unpaired) electrons. The summed E-state index contributed by atoms with van der Waals surface area (Å²) in [5, 5.41) is 1.04. The molecule has 0 atom stereocenters. The summed E-state index contributed by atoms with van der Waals surface area (Å²) in [5.74, 6) is 0.404. The first kappa shape index (κ1) is 13.3. The third-order valence-corrected chi connectivity index (χ3v) is 5.31. The highest BCUT2D eigenvalue weighted by Crippen LogP contribution is 2.30. The highest BCUT2D eigenvalue weighted by molar-refractivity contribution is 7.91. The molecular formula is C14H17N3O2S. The molecule has 106 valence electrons. The van der Waals surface area contributed by atoms with Crippen LogP contribution in [0.4, 0.5) is 5.69 Å². The van der Waals surface area contributed by atoms with Crippen molar-refractivity contribution in [1.29, 1.82) is 0 Å². The van der Waals surface area contributed by atoms with E-state index in [-0.39, 0.29) is 11.5 Å². The van der Waals surface area contributed by atoms with Gasteiger partial charge < -0.3 is 10.6 Å². The lowest BCUT2D eigenvalue weighted by atomic mass is 10.1. The van der Waals surface area contributed by atoms with Crippen LogP contribution in [0.15, 0.2) is 30.5 Å². The molecule has 0 saturated carbocycles. The Morgan fingerprint density at radius 3 is 2.60 bits per heavy atom. The van der Waals surface area contributed by atoms with E-state index in [0.29, 0.717) is 19.6 Å². The second-order valence-corrected chi connectivity index (χ2v) is 7.30. The number of pyridine rings is 1. The molecule has 0 amide bonds. The van der Waals surface area contributed by atoms with Crippen LogP contribution in [0.3, 0.4) is 0 Å². The topological polar surface area (TPSA) is 76.3 Å². The van der Waals surface area contributed by atoms with Gasteiger partial charge in [-0.05, 0) is 6.07 Å². The fraction of sp³-hybridized carbons (Fsp3) is 0.357. The number of rotatable bonds is 2. The van der Waals surface area contributed by atoms with E-state index >= 15 is 0 Å². The average molecular weight is 291 g/mol. The Morgan fingerprint density at radius 2 is 1.90 bits per heavy atom. The zero-order valence-corrected chi connectivity index (χ0v) is 11.9. The van der Waals surface area contributed by atoms with Gasteiger partial charge in [0.2, 0.25) is 0 Å². The third kappa shape index (κ3) is 2.36. The molecule has 0 spiro atoms. The highest BCUT2D eigenvalue weighted by atomic mass is 32.2. The Kier molecular flexibility index (Phi) is 3.35. The summed E-state index contributed by atoms with van der Waals surface area (Å²) in [6, 6.07) is 7.89. The summed E-state index contributed by atoms with van der Waals surface area (Å²) >= 11 is 0. The first-order valence-electron chi connectivity index (χ1n) is 6.63. The van der Waals surface area contributed by atoms with E-state index in [2.05, 4.69) is 9.88 Å². The van der Waals surface area contributed by atoms with Crippen molar-refractivity contribution >= 4 is 26.4 Å². The molecule has 1 aromatic carbocycles. The van der Waals surface area contributed by atoms with Crippen molar-refractivity contribution in [3.8, 4) is 0 Å². The minimum Gasteiger partial charge on any atom is -0.369 e. The van der Waals surface area contributed by atoms with Crippen LogP contribution >= 0.6 is 0 Å². The van der Waals surface area contributed by atoms with Crippen LogP contribution in [-0.4, -0.2) is 38.0 Å². The van der Waals surface area contributed by atoms with Gasteiger partial charge in [-0.2, -0.15) is 0 Å². The molecule has 5 nitrogen and oxygen atoms in total. The monoisotopic (exact) mass is 291 g/mol. The van der Waals surface area contributed by atoms with E-state index in [1.165, 1.54) is 0 Å². The number of hydrogen-bond donors (Lipinski definition) is 1. The van der Waals surface area contributed by atoms with E-state index in [1.54, 1.807) is 6.20 Å². The predicted octanol–water partition coefficient (Wildman–Crippen LogP) is 0.928. The van der Waals surface area contributed by atoms with Crippen molar-refractivity contribution in [3.63, 3.8) is 0 Å². The molecule has 2 aromatic rings. The normalized spacial score (nSPS) is 18.4. The lowest BCUT2D eigenvalue weighted by Crippen LogP contribution is -2.41. The number of benzene rings is 1. The molecule has 1 aliphatic heterocycles. The number of anilines is 1. The number of hydrogen-bond acceptors (Lipinski definition) is 5. The van der Waals surface area contributed by atoms with Gasteiger partial charge in [0.15, 0.2) is 9.84 Å². The van der Waals surface area contributed by atoms with Gasteiger partial charge in [0.25, 0.3) is 0 Å². The molecule has 6 heteroatoms. The second-order valence-electron chi connectivity index (χ2n) is 4.99. The molecule has 0 aliphatic carbocycles. The second kappa shape index (κ2) is 5.03. The molecule has 1 saturated heterocycles. The Balaban J connectivity index is 2.10. The fourth-order valence-corrected chi connectivity index (χ4v) is 3.83. The third-order valence-electron chi connectivity index (χ3n) is 3.70. The van der Waals surface area contributed by atoms with Crippen molar-refractivity contribution in [3.05, 3.63) is 36.0 Å². The molecule has 2 heterocycles. The van der Waals surface area contributed by atoms with Gasteiger partial charge in [-0.15, -0.1) is 0 Å². The van der Waals surface area contributed by atoms with E-state index in [1.807, 2.05) is 24.3 Å². The number of nitrogens with two attached hydrogens (primary N) is 1. The lowest BCUT2D eigenvalue weighted by molar-refractivity contribution is 0.586. The molecular weight excluding hydrogens is 274 g/mol. The summed E-state index contributed by atoms with van der Waals surface area (Å²) in [4.78, 5) is 6.53. The van der Waals surface area contributed by atoms with Gasteiger partial charge >= 0.3 is 0 Å². The fourth-order valence-electron chi connectivity index (χ4n) is 2.63. The van der Waals surface area contributed by atoms with Gasteiger partial charge in [0, 0.05) is 36.8 Å². The van der Waals surface area contributed by atoms with Crippen LogP contribution in [-0.2, 0) is 16.4 Å². The largest absolute Gasteiger partial charge is 0.369 e. The molecule has 1 aromatic heterocycles. The van der Waals surface area contributed by atoms with Crippen LogP contribution in [0.1, 0.15) is 5.56 Å². The standard InChI is InChI=1S/C14H17N3O2S/c15-9-11-10-16-13-4-2-1-3-12(13)14(11)17-5-7-20(18,19)8-6-17/h1-4,10H,5-9,15H2. The van der Waals surface area contributed by atoms with Crippen LogP contribution in [0.5, 0.6) is 0 Å². The molecule has 1 fully saturated rings. The van der Waals surface area contributed by atoms with Gasteiger partial charge in [-0.3, -0.25) is 4.98 Å². The van der Waals surface area contributed by atoms with Crippen LogP contribution in [0.2, 0.25) is 0 Å². The lowest BCUT2D eigenvalue weighted by Gasteiger charge is -2.31. The van der Waals surface area contributed by atoms with Crippen LogP contribution < -0.4 is 10.6 Å². The van der Waals surface area contributed by atoms with Crippen molar-refractivity contribution in [2.75, 3.05) is 29.5 Å². The molecule has 1 aliphatic rings. The highest BCUT2D eigenvalue weighted by Gasteiger charge is 2.24. The maximum Gasteiger partial charge on any atom is 0.153 e. The number of sulfone groups is 1. The first-order valence-corrected chi connectivity index (χ1v) is 8.45. The van der Waals surface area contributed by atoms with E-state index in [0.717, 1.165) is 22.2 Å². The number of nitrogens with zero attached hydrogens (tertiary/aromatic N) is 2. The average Bonchev–Trinajstić information content (AvgIpc) is 2.46. The molecule has 2 N–H and O–H groups in total.